The van der Waals surface area contributed by atoms with E-state index in [-0.39, 0.29) is 5.82 Å². The van der Waals surface area contributed by atoms with Gasteiger partial charge in [0.25, 0.3) is 0 Å². The van der Waals surface area contributed by atoms with Crippen LogP contribution in [0.4, 0.5) is 4.39 Å². The van der Waals surface area contributed by atoms with Crippen LogP contribution in [-0.2, 0) is 6.42 Å². The van der Waals surface area contributed by atoms with Gasteiger partial charge in [0.1, 0.15) is 28.0 Å². The molecule has 0 saturated heterocycles. The summed E-state index contributed by atoms with van der Waals surface area (Å²) >= 11 is 1.56. The Morgan fingerprint density at radius 3 is 2.90 bits per heavy atom. The van der Waals surface area contributed by atoms with Crippen LogP contribution in [0.15, 0.2) is 60.9 Å². The number of hydrogen-bond donors (Lipinski definition) is 2. The molecule has 0 unspecified atom stereocenters. The van der Waals surface area contributed by atoms with E-state index in [2.05, 4.69) is 5.10 Å². The second kappa shape index (κ2) is 7.81. The van der Waals surface area contributed by atoms with E-state index < -0.39 is 0 Å². The van der Waals surface area contributed by atoms with Crippen molar-refractivity contribution in [2.45, 2.75) is 6.42 Å². The minimum Gasteiger partial charge on any atom is -0.492 e. The van der Waals surface area contributed by atoms with Gasteiger partial charge in [-0.25, -0.2) is 14.1 Å². The molecular formula is C23H18FN5OS. The van der Waals surface area contributed by atoms with Crippen molar-refractivity contribution < 1.29 is 9.13 Å². The van der Waals surface area contributed by atoms with Crippen LogP contribution in [0.3, 0.4) is 0 Å². The van der Waals surface area contributed by atoms with E-state index in [0.29, 0.717) is 23.6 Å². The molecule has 0 amide bonds. The van der Waals surface area contributed by atoms with Crippen LogP contribution in [0, 0.1) is 11.2 Å². The summed E-state index contributed by atoms with van der Waals surface area (Å²) in [6.07, 6.45) is 4.99. The molecule has 8 heteroatoms. The first-order valence-electron chi connectivity index (χ1n) is 9.68. The first-order chi connectivity index (χ1) is 15.2. The van der Waals surface area contributed by atoms with Gasteiger partial charge in [-0.15, -0.1) is 11.3 Å². The molecule has 31 heavy (non-hydrogen) atoms. The standard InChI is InChI=1S/C23H18FN5OS/c24-17-3-1-2-4-18(17)29-19(7-9-27-29)23-28-22-16-6-5-14(15(12-25)13-26)11-20(16)30-10-8-21(22)31-23/h1-7,9,11-13,25H,8,10,26H2/b15-13+,25-12?. The normalized spacial score (nSPS) is 13.1. The summed E-state index contributed by atoms with van der Waals surface area (Å²) in [4.78, 5) is 6.00. The zero-order valence-corrected chi connectivity index (χ0v) is 17.2. The summed E-state index contributed by atoms with van der Waals surface area (Å²) in [5, 5.41) is 12.6. The van der Waals surface area contributed by atoms with Crippen LogP contribution in [-0.4, -0.2) is 27.6 Å². The number of nitrogens with two attached hydrogens (primary N) is 1. The van der Waals surface area contributed by atoms with Crippen molar-refractivity contribution in [3.8, 4) is 33.4 Å². The Balaban J connectivity index is 1.61. The molecule has 4 aromatic rings. The van der Waals surface area contributed by atoms with Crippen LogP contribution in [0.5, 0.6) is 5.75 Å². The van der Waals surface area contributed by atoms with Gasteiger partial charge in [0.2, 0.25) is 0 Å². The molecule has 3 N–H and O–H groups in total. The van der Waals surface area contributed by atoms with E-state index in [1.54, 1.807) is 40.4 Å². The average Bonchev–Trinajstić information content (AvgIpc) is 3.39. The first kappa shape index (κ1) is 19.2. The van der Waals surface area contributed by atoms with E-state index in [0.717, 1.165) is 38.8 Å². The van der Waals surface area contributed by atoms with Crippen molar-refractivity contribution in [3.05, 3.63) is 77.2 Å². The van der Waals surface area contributed by atoms with Crippen molar-refractivity contribution >= 4 is 23.1 Å². The van der Waals surface area contributed by atoms with Crippen LogP contribution < -0.4 is 10.5 Å². The van der Waals surface area contributed by atoms with E-state index in [4.69, 9.17) is 20.9 Å². The van der Waals surface area contributed by atoms with Crippen molar-refractivity contribution in [1.29, 1.82) is 5.41 Å². The van der Waals surface area contributed by atoms with Gasteiger partial charge in [0.05, 0.1) is 18.5 Å². The van der Waals surface area contributed by atoms with E-state index in [1.165, 1.54) is 18.5 Å². The third kappa shape index (κ3) is 3.30. The maximum Gasteiger partial charge on any atom is 0.148 e. The second-order valence-corrected chi connectivity index (χ2v) is 8.03. The summed E-state index contributed by atoms with van der Waals surface area (Å²) < 4.78 is 21.9. The predicted molar refractivity (Wildman–Crippen MR) is 120 cm³/mol. The highest BCUT2D eigenvalue weighted by Gasteiger charge is 2.23. The number of nitrogens with one attached hydrogen (secondary N) is 1. The molecule has 1 aliphatic rings. The third-order valence-electron chi connectivity index (χ3n) is 5.13. The molecule has 2 aromatic carbocycles. The number of benzene rings is 2. The fourth-order valence-electron chi connectivity index (χ4n) is 3.62. The highest BCUT2D eigenvalue weighted by molar-refractivity contribution is 7.15. The van der Waals surface area contributed by atoms with E-state index in [9.17, 15) is 4.39 Å². The van der Waals surface area contributed by atoms with Crippen LogP contribution in [0.25, 0.3) is 33.2 Å². The Hall–Kier alpha value is -3.78. The van der Waals surface area contributed by atoms with Gasteiger partial charge >= 0.3 is 0 Å². The monoisotopic (exact) mass is 431 g/mol. The zero-order chi connectivity index (χ0) is 21.4. The molecule has 6 nitrogen and oxygen atoms in total. The number of allylic oxidation sites excluding steroid dienone is 1. The Labute approximate surface area is 182 Å². The Bertz CT molecular complexity index is 1320. The second-order valence-electron chi connectivity index (χ2n) is 6.95. The minimum absolute atomic E-state index is 0.341. The SMILES string of the molecule is N=C/C(=C\N)c1ccc2c(c1)OCCc1sc(-c3ccnn3-c3ccccc3F)nc1-2. The van der Waals surface area contributed by atoms with Crippen LogP contribution >= 0.6 is 11.3 Å². The summed E-state index contributed by atoms with van der Waals surface area (Å²) in [5.41, 5.74) is 9.92. The number of rotatable bonds is 4. The number of hydrogen-bond acceptors (Lipinski definition) is 6. The zero-order valence-electron chi connectivity index (χ0n) is 16.4. The maximum absolute atomic E-state index is 14.4. The Kier molecular flexibility index (Phi) is 4.83. The molecule has 0 radical (unpaired) electrons. The van der Waals surface area contributed by atoms with Gasteiger partial charge in [0, 0.05) is 34.8 Å². The molecule has 0 bridgehead atoms. The van der Waals surface area contributed by atoms with E-state index >= 15 is 0 Å². The fourth-order valence-corrected chi connectivity index (χ4v) is 4.69. The maximum atomic E-state index is 14.4. The molecule has 0 atom stereocenters. The third-order valence-corrected chi connectivity index (χ3v) is 6.27. The van der Waals surface area contributed by atoms with Gasteiger partial charge in [-0.1, -0.05) is 18.2 Å². The lowest BCUT2D eigenvalue weighted by molar-refractivity contribution is 0.327. The van der Waals surface area contributed by atoms with Gasteiger partial charge < -0.3 is 15.9 Å². The van der Waals surface area contributed by atoms with Crippen molar-refractivity contribution in [3.63, 3.8) is 0 Å². The first-order valence-corrected chi connectivity index (χ1v) is 10.5. The molecule has 5 rings (SSSR count). The molecule has 1 aliphatic heterocycles. The lowest BCUT2D eigenvalue weighted by Gasteiger charge is -2.10. The number of thiazole rings is 1. The Morgan fingerprint density at radius 1 is 1.23 bits per heavy atom. The molecule has 0 spiro atoms. The molecule has 154 valence electrons. The van der Waals surface area contributed by atoms with Crippen molar-refractivity contribution in [2.75, 3.05) is 6.61 Å². The molecule has 0 saturated carbocycles. The highest BCUT2D eigenvalue weighted by atomic mass is 32.1. The number of halogens is 1. The molecule has 3 heterocycles. The summed E-state index contributed by atoms with van der Waals surface area (Å²) in [6.45, 7) is 0.518. The molecular weight excluding hydrogens is 413 g/mol. The van der Waals surface area contributed by atoms with E-state index in [1.807, 2.05) is 24.3 Å². The predicted octanol–water partition coefficient (Wildman–Crippen LogP) is 4.69. The smallest absolute Gasteiger partial charge is 0.148 e. The summed E-state index contributed by atoms with van der Waals surface area (Å²) in [6, 6.07) is 14.1. The topological polar surface area (TPSA) is 89.8 Å². The number of nitrogens with zero attached hydrogens (tertiary/aromatic N) is 3. The Morgan fingerprint density at radius 2 is 2.10 bits per heavy atom. The lowest BCUT2D eigenvalue weighted by Crippen LogP contribution is -2.01. The fraction of sp³-hybridized carbons (Fsp3) is 0.0870. The van der Waals surface area contributed by atoms with Crippen molar-refractivity contribution in [2.24, 2.45) is 5.73 Å². The number of fused-ring (bicyclic) bond motifs is 3. The van der Waals surface area contributed by atoms with Crippen LogP contribution in [0.2, 0.25) is 0 Å². The van der Waals surface area contributed by atoms with Crippen molar-refractivity contribution in [1.82, 2.24) is 14.8 Å². The van der Waals surface area contributed by atoms with Gasteiger partial charge in [-0.2, -0.15) is 5.10 Å². The lowest BCUT2D eigenvalue weighted by atomic mass is 10.0. The average molecular weight is 431 g/mol. The van der Waals surface area contributed by atoms with Crippen LogP contribution in [0.1, 0.15) is 10.4 Å². The number of para-hydroxylation sites is 1. The minimum atomic E-state index is -0.341. The number of ether oxygens (including phenoxy) is 1. The largest absolute Gasteiger partial charge is 0.492 e. The summed E-state index contributed by atoms with van der Waals surface area (Å²) in [7, 11) is 0. The molecule has 2 aromatic heterocycles. The molecule has 0 fully saturated rings. The van der Waals surface area contributed by atoms with Gasteiger partial charge in [-0.05, 0) is 35.9 Å². The van der Waals surface area contributed by atoms with Gasteiger partial charge in [-0.3, -0.25) is 0 Å². The molecule has 0 aliphatic carbocycles. The van der Waals surface area contributed by atoms with Gasteiger partial charge in [0.15, 0.2) is 0 Å². The quantitative estimate of drug-likeness (QED) is 0.459. The summed E-state index contributed by atoms with van der Waals surface area (Å²) in [5.74, 6) is 0.365. The number of aromatic nitrogens is 3. The highest BCUT2D eigenvalue weighted by Crippen LogP contribution is 2.41.